The maximum absolute atomic E-state index is 11.9. The van der Waals surface area contributed by atoms with E-state index in [9.17, 15) is 9.90 Å². The lowest BCUT2D eigenvalue weighted by Crippen LogP contribution is -2.38. The van der Waals surface area contributed by atoms with Gasteiger partial charge in [0.05, 0.1) is 5.60 Å². The maximum Gasteiger partial charge on any atom is 0.246 e. The first-order chi connectivity index (χ1) is 9.19. The topological polar surface area (TPSA) is 40.5 Å². The Bertz CT molecular complexity index is 467. The summed E-state index contributed by atoms with van der Waals surface area (Å²) in [7, 11) is 1.69. The Morgan fingerprint density at radius 1 is 1.30 bits per heavy atom. The van der Waals surface area contributed by atoms with E-state index in [1.54, 1.807) is 27.0 Å². The van der Waals surface area contributed by atoms with E-state index in [2.05, 4.69) is 26.0 Å². The van der Waals surface area contributed by atoms with Gasteiger partial charge in [0, 0.05) is 19.7 Å². The molecule has 1 aromatic carbocycles. The number of carbonyl (C=O) groups excluding carboxylic acids is 1. The van der Waals surface area contributed by atoms with E-state index in [0.717, 1.165) is 5.56 Å². The van der Waals surface area contributed by atoms with Crippen molar-refractivity contribution in [3.8, 4) is 0 Å². The zero-order valence-corrected chi connectivity index (χ0v) is 13.1. The highest BCUT2D eigenvalue weighted by molar-refractivity contribution is 5.91. The molecule has 0 bridgehead atoms. The van der Waals surface area contributed by atoms with Crippen LogP contribution >= 0.6 is 0 Å². The van der Waals surface area contributed by atoms with Crippen LogP contribution in [-0.4, -0.2) is 35.1 Å². The molecule has 3 heteroatoms. The van der Waals surface area contributed by atoms with Gasteiger partial charge in [-0.1, -0.05) is 38.1 Å². The summed E-state index contributed by atoms with van der Waals surface area (Å²) in [4.78, 5) is 13.4. The number of hydrogen-bond donors (Lipinski definition) is 1. The first kappa shape index (κ1) is 16.4. The molecule has 1 rings (SSSR count). The van der Waals surface area contributed by atoms with Crippen LogP contribution in [-0.2, 0) is 4.79 Å². The summed E-state index contributed by atoms with van der Waals surface area (Å²) in [6.45, 7) is 7.98. The highest BCUT2D eigenvalue weighted by Crippen LogP contribution is 2.15. The van der Waals surface area contributed by atoms with Gasteiger partial charge in [0.15, 0.2) is 0 Å². The van der Waals surface area contributed by atoms with Crippen molar-refractivity contribution < 1.29 is 9.90 Å². The number of hydrogen-bond acceptors (Lipinski definition) is 2. The summed E-state index contributed by atoms with van der Waals surface area (Å²) < 4.78 is 0. The molecule has 110 valence electrons. The first-order valence-electron chi connectivity index (χ1n) is 6.94. The Morgan fingerprint density at radius 2 is 1.85 bits per heavy atom. The molecule has 0 unspecified atom stereocenters. The Morgan fingerprint density at radius 3 is 2.30 bits per heavy atom. The number of benzene rings is 1. The van der Waals surface area contributed by atoms with Crippen molar-refractivity contribution in [3.05, 3.63) is 41.5 Å². The van der Waals surface area contributed by atoms with Gasteiger partial charge in [-0.05, 0) is 37.0 Å². The second kappa shape index (κ2) is 6.71. The Labute approximate surface area is 121 Å². The molecule has 0 fully saturated rings. The molecule has 0 radical (unpaired) electrons. The fourth-order valence-electron chi connectivity index (χ4n) is 1.95. The second-order valence-electron chi connectivity index (χ2n) is 6.16. The van der Waals surface area contributed by atoms with E-state index < -0.39 is 5.60 Å². The van der Waals surface area contributed by atoms with Crippen molar-refractivity contribution in [2.45, 2.75) is 39.2 Å². The van der Waals surface area contributed by atoms with Crippen LogP contribution in [0.15, 0.2) is 30.3 Å². The summed E-state index contributed by atoms with van der Waals surface area (Å²) in [5, 5.41) is 9.69. The van der Waals surface area contributed by atoms with Crippen molar-refractivity contribution in [1.29, 1.82) is 0 Å². The number of carbonyl (C=O) groups is 1. The minimum absolute atomic E-state index is 0.111. The average Bonchev–Trinajstić information content (AvgIpc) is 2.34. The number of aliphatic hydroxyl groups is 1. The van der Waals surface area contributed by atoms with Gasteiger partial charge in [0.2, 0.25) is 5.91 Å². The number of amides is 1. The van der Waals surface area contributed by atoms with E-state index >= 15 is 0 Å². The van der Waals surface area contributed by atoms with E-state index in [-0.39, 0.29) is 5.91 Å². The Balaban J connectivity index is 2.65. The monoisotopic (exact) mass is 275 g/mol. The lowest BCUT2D eigenvalue weighted by molar-refractivity contribution is -0.127. The third kappa shape index (κ3) is 5.57. The normalized spacial score (nSPS) is 12.2. The minimum Gasteiger partial charge on any atom is -0.389 e. The molecular formula is C17H25NO2. The standard InChI is InChI=1S/C17H25NO2/c1-13(2)15-9-6-14(7-10-15)8-11-16(19)18(5)12-17(3,4)20/h6-11,13,20H,12H2,1-5H3. The fraction of sp³-hybridized carbons (Fsp3) is 0.471. The zero-order chi connectivity index (χ0) is 15.3. The quantitative estimate of drug-likeness (QED) is 0.839. The molecular weight excluding hydrogens is 250 g/mol. The Hall–Kier alpha value is -1.61. The third-order valence-electron chi connectivity index (χ3n) is 3.02. The molecule has 0 aromatic heterocycles. The van der Waals surface area contributed by atoms with Crippen molar-refractivity contribution in [2.75, 3.05) is 13.6 Å². The van der Waals surface area contributed by atoms with Crippen molar-refractivity contribution >= 4 is 12.0 Å². The molecule has 1 aromatic rings. The predicted molar refractivity (Wildman–Crippen MR) is 83.5 cm³/mol. The summed E-state index contributed by atoms with van der Waals surface area (Å²) in [6, 6.07) is 8.18. The highest BCUT2D eigenvalue weighted by Gasteiger charge is 2.17. The van der Waals surface area contributed by atoms with E-state index in [4.69, 9.17) is 0 Å². The SMILES string of the molecule is CC(C)c1ccc(C=CC(=O)N(C)CC(C)(C)O)cc1. The Kier molecular flexibility index (Phi) is 5.52. The van der Waals surface area contributed by atoms with E-state index in [1.165, 1.54) is 16.5 Å². The summed E-state index contributed by atoms with van der Waals surface area (Å²) in [6.07, 6.45) is 3.34. The summed E-state index contributed by atoms with van der Waals surface area (Å²) in [5.74, 6) is 0.396. The van der Waals surface area contributed by atoms with Crippen LogP contribution in [0.1, 0.15) is 44.7 Å². The lowest BCUT2D eigenvalue weighted by Gasteiger charge is -2.24. The molecule has 0 saturated heterocycles. The van der Waals surface area contributed by atoms with Crippen LogP contribution in [0.25, 0.3) is 6.08 Å². The van der Waals surface area contributed by atoms with E-state index in [1.807, 2.05) is 12.1 Å². The molecule has 0 heterocycles. The maximum atomic E-state index is 11.9. The molecule has 20 heavy (non-hydrogen) atoms. The summed E-state index contributed by atoms with van der Waals surface area (Å²) in [5.41, 5.74) is 1.41. The first-order valence-corrected chi connectivity index (χ1v) is 6.94. The van der Waals surface area contributed by atoms with Gasteiger partial charge in [-0.3, -0.25) is 4.79 Å². The molecule has 1 amide bonds. The van der Waals surface area contributed by atoms with E-state index in [0.29, 0.717) is 12.5 Å². The van der Waals surface area contributed by atoms with Crippen LogP contribution in [0, 0.1) is 0 Å². The van der Waals surface area contributed by atoms with Crippen LogP contribution in [0.3, 0.4) is 0 Å². The van der Waals surface area contributed by atoms with Crippen LogP contribution in [0.4, 0.5) is 0 Å². The van der Waals surface area contributed by atoms with Gasteiger partial charge in [0.25, 0.3) is 0 Å². The highest BCUT2D eigenvalue weighted by atomic mass is 16.3. The second-order valence-corrected chi connectivity index (χ2v) is 6.16. The van der Waals surface area contributed by atoms with Gasteiger partial charge >= 0.3 is 0 Å². The number of nitrogens with zero attached hydrogens (tertiary/aromatic N) is 1. The molecule has 0 aliphatic rings. The van der Waals surface area contributed by atoms with Crippen molar-refractivity contribution in [1.82, 2.24) is 4.90 Å². The van der Waals surface area contributed by atoms with Crippen LogP contribution in [0.5, 0.6) is 0 Å². The fourth-order valence-corrected chi connectivity index (χ4v) is 1.95. The molecule has 1 N–H and O–H groups in total. The summed E-state index contributed by atoms with van der Waals surface area (Å²) >= 11 is 0. The van der Waals surface area contributed by atoms with Gasteiger partial charge in [-0.2, -0.15) is 0 Å². The van der Waals surface area contributed by atoms with Gasteiger partial charge in [-0.15, -0.1) is 0 Å². The van der Waals surface area contributed by atoms with Crippen molar-refractivity contribution in [3.63, 3.8) is 0 Å². The number of rotatable bonds is 5. The van der Waals surface area contributed by atoms with Crippen LogP contribution in [0.2, 0.25) is 0 Å². The van der Waals surface area contributed by atoms with Crippen LogP contribution < -0.4 is 0 Å². The predicted octanol–water partition coefficient (Wildman–Crippen LogP) is 3.05. The molecule has 0 aliphatic carbocycles. The van der Waals surface area contributed by atoms with Crippen molar-refractivity contribution in [2.24, 2.45) is 0 Å². The number of likely N-dealkylation sites (N-methyl/N-ethyl adjacent to an activating group) is 1. The van der Waals surface area contributed by atoms with Gasteiger partial charge in [0.1, 0.15) is 0 Å². The molecule has 0 spiro atoms. The molecule has 3 nitrogen and oxygen atoms in total. The van der Waals surface area contributed by atoms with Gasteiger partial charge < -0.3 is 10.0 Å². The van der Waals surface area contributed by atoms with Gasteiger partial charge in [-0.25, -0.2) is 0 Å². The lowest BCUT2D eigenvalue weighted by atomic mass is 10.0. The molecule has 0 atom stereocenters. The minimum atomic E-state index is -0.878. The molecule has 0 saturated carbocycles. The zero-order valence-electron chi connectivity index (χ0n) is 13.1. The smallest absolute Gasteiger partial charge is 0.246 e. The average molecular weight is 275 g/mol. The largest absolute Gasteiger partial charge is 0.389 e. The molecule has 0 aliphatic heterocycles. The third-order valence-corrected chi connectivity index (χ3v) is 3.02.